The molecule has 0 aliphatic carbocycles. The Kier molecular flexibility index (Phi) is 5.92. The van der Waals surface area contributed by atoms with Gasteiger partial charge in [-0.25, -0.2) is 14.2 Å². The Morgan fingerprint density at radius 2 is 2.08 bits per heavy atom. The first-order chi connectivity index (χ1) is 12.6. The van der Waals surface area contributed by atoms with E-state index in [2.05, 4.69) is 10.3 Å². The highest BCUT2D eigenvalue weighted by Gasteiger charge is 2.20. The molecule has 7 nitrogen and oxygen atoms in total. The van der Waals surface area contributed by atoms with Crippen LogP contribution in [0.25, 0.3) is 11.0 Å². The van der Waals surface area contributed by atoms with Crippen molar-refractivity contribution in [2.45, 2.75) is 33.2 Å². The third kappa shape index (κ3) is 3.90. The Labute approximate surface area is 152 Å². The summed E-state index contributed by atoms with van der Waals surface area (Å²) in [7, 11) is 0. The lowest BCUT2D eigenvalue weighted by Gasteiger charge is -2.29. The third-order valence-electron chi connectivity index (χ3n) is 4.27. The normalized spacial score (nSPS) is 14.7. The van der Waals surface area contributed by atoms with E-state index in [-0.39, 0.29) is 5.82 Å². The predicted octanol–water partition coefficient (Wildman–Crippen LogP) is 3.38. The maximum atomic E-state index is 14.6. The molecule has 1 aliphatic rings. The second-order valence-electron chi connectivity index (χ2n) is 6.24. The van der Waals surface area contributed by atoms with Crippen LogP contribution in [-0.2, 0) is 16.0 Å². The van der Waals surface area contributed by atoms with Gasteiger partial charge in [0.05, 0.1) is 36.5 Å². The van der Waals surface area contributed by atoms with Crippen LogP contribution < -0.4 is 10.2 Å². The summed E-state index contributed by atoms with van der Waals surface area (Å²) in [6.45, 7) is 7.44. The fourth-order valence-electron chi connectivity index (χ4n) is 3.05. The lowest BCUT2D eigenvalue weighted by molar-refractivity contribution is 0.122. The Bertz CT molecular complexity index is 771. The van der Waals surface area contributed by atoms with Gasteiger partial charge in [-0.1, -0.05) is 13.8 Å². The summed E-state index contributed by atoms with van der Waals surface area (Å²) in [4.78, 5) is 18.3. The first-order valence-corrected chi connectivity index (χ1v) is 9.10. The van der Waals surface area contributed by atoms with Crippen molar-refractivity contribution in [1.29, 1.82) is 0 Å². The Morgan fingerprint density at radius 3 is 2.77 bits per heavy atom. The van der Waals surface area contributed by atoms with E-state index in [9.17, 15) is 9.18 Å². The van der Waals surface area contributed by atoms with Crippen LogP contribution in [0.5, 0.6) is 0 Å². The van der Waals surface area contributed by atoms with Gasteiger partial charge in [-0.2, -0.15) is 0 Å². The summed E-state index contributed by atoms with van der Waals surface area (Å²) in [6.07, 6.45) is 1.05. The van der Waals surface area contributed by atoms with Crippen LogP contribution in [-0.4, -0.2) is 48.6 Å². The van der Waals surface area contributed by atoms with Crippen LogP contribution in [0, 0.1) is 5.82 Å². The first kappa shape index (κ1) is 18.4. The molecular weight excluding hydrogens is 339 g/mol. The standard InChI is InChI=1S/C18H25FN4O3/c1-3-5-23-16-12-15(22-6-9-25-10-7-22)13(19)11-14(16)20-17(23)21-18(24)26-8-4-2/h11-12H,3-10H2,1-2H3,(H,20,21,24). The average Bonchev–Trinajstić information content (AvgIpc) is 2.96. The molecule has 0 bridgehead atoms. The topological polar surface area (TPSA) is 68.6 Å². The number of fused-ring (bicyclic) bond motifs is 1. The number of rotatable bonds is 6. The summed E-state index contributed by atoms with van der Waals surface area (Å²) in [6, 6.07) is 3.23. The number of benzene rings is 1. The number of anilines is 2. The minimum atomic E-state index is -0.548. The number of amides is 1. The molecule has 1 amide bonds. The van der Waals surface area contributed by atoms with Gasteiger partial charge >= 0.3 is 6.09 Å². The zero-order valence-electron chi connectivity index (χ0n) is 15.3. The average molecular weight is 364 g/mol. The molecule has 1 aromatic carbocycles. The van der Waals surface area contributed by atoms with Crippen molar-refractivity contribution in [3.05, 3.63) is 17.9 Å². The summed E-state index contributed by atoms with van der Waals surface area (Å²) in [5.41, 5.74) is 1.84. The van der Waals surface area contributed by atoms with E-state index in [0.29, 0.717) is 56.6 Å². The fraction of sp³-hybridized carbons (Fsp3) is 0.556. The van der Waals surface area contributed by atoms with E-state index < -0.39 is 6.09 Å². The molecule has 1 aliphatic heterocycles. The van der Waals surface area contributed by atoms with Crippen molar-refractivity contribution in [3.63, 3.8) is 0 Å². The van der Waals surface area contributed by atoms with Crippen LogP contribution in [0.3, 0.4) is 0 Å². The van der Waals surface area contributed by atoms with Gasteiger partial charge < -0.3 is 18.9 Å². The monoisotopic (exact) mass is 364 g/mol. The summed E-state index contributed by atoms with van der Waals surface area (Å²) in [5, 5.41) is 2.67. The molecule has 0 spiro atoms. The Hall–Kier alpha value is -2.35. The molecular formula is C18H25FN4O3. The Morgan fingerprint density at radius 1 is 1.31 bits per heavy atom. The zero-order valence-corrected chi connectivity index (χ0v) is 15.3. The highest BCUT2D eigenvalue weighted by atomic mass is 19.1. The third-order valence-corrected chi connectivity index (χ3v) is 4.27. The summed E-state index contributed by atoms with van der Waals surface area (Å²) >= 11 is 0. The smallest absolute Gasteiger partial charge is 0.413 e. The van der Waals surface area contributed by atoms with Gasteiger partial charge in [0.25, 0.3) is 0 Å². The van der Waals surface area contributed by atoms with Gasteiger partial charge in [0.1, 0.15) is 5.82 Å². The van der Waals surface area contributed by atoms with Crippen LogP contribution >= 0.6 is 0 Å². The van der Waals surface area contributed by atoms with Crippen LogP contribution in [0.2, 0.25) is 0 Å². The van der Waals surface area contributed by atoms with E-state index in [0.717, 1.165) is 18.4 Å². The number of aromatic nitrogens is 2. The van der Waals surface area contributed by atoms with E-state index in [4.69, 9.17) is 9.47 Å². The van der Waals surface area contributed by atoms with Gasteiger partial charge in [0.15, 0.2) is 0 Å². The van der Waals surface area contributed by atoms with Crippen molar-refractivity contribution >= 4 is 28.8 Å². The number of carbonyl (C=O) groups is 1. The largest absolute Gasteiger partial charge is 0.449 e. The molecule has 1 saturated heterocycles. The number of hydrogen-bond donors (Lipinski definition) is 1. The molecule has 0 radical (unpaired) electrons. The van der Waals surface area contributed by atoms with Gasteiger partial charge in [-0.15, -0.1) is 0 Å². The van der Waals surface area contributed by atoms with Gasteiger partial charge in [0, 0.05) is 25.7 Å². The van der Waals surface area contributed by atoms with E-state index in [1.165, 1.54) is 6.07 Å². The molecule has 1 fully saturated rings. The molecule has 8 heteroatoms. The summed E-state index contributed by atoms with van der Waals surface area (Å²) in [5.74, 6) is 0.0575. The van der Waals surface area contributed by atoms with Gasteiger partial charge in [0.2, 0.25) is 5.95 Å². The van der Waals surface area contributed by atoms with Gasteiger partial charge in [-0.3, -0.25) is 5.32 Å². The van der Waals surface area contributed by atoms with Gasteiger partial charge in [-0.05, 0) is 18.9 Å². The van der Waals surface area contributed by atoms with Crippen molar-refractivity contribution in [3.8, 4) is 0 Å². The molecule has 1 N–H and O–H groups in total. The molecule has 0 atom stereocenters. The second kappa shape index (κ2) is 8.35. The number of aryl methyl sites for hydroxylation is 1. The molecule has 0 unspecified atom stereocenters. The highest BCUT2D eigenvalue weighted by molar-refractivity contribution is 5.88. The maximum absolute atomic E-state index is 14.6. The minimum Gasteiger partial charge on any atom is -0.449 e. The number of ether oxygens (including phenoxy) is 2. The molecule has 26 heavy (non-hydrogen) atoms. The van der Waals surface area contributed by atoms with Crippen LogP contribution in [0.1, 0.15) is 26.7 Å². The second-order valence-corrected chi connectivity index (χ2v) is 6.24. The lowest BCUT2D eigenvalue weighted by Crippen LogP contribution is -2.36. The molecule has 2 heterocycles. The highest BCUT2D eigenvalue weighted by Crippen LogP contribution is 2.29. The molecule has 0 saturated carbocycles. The SMILES string of the molecule is CCCOC(=O)Nc1nc2cc(F)c(N3CCOCC3)cc2n1CCC. The molecule has 2 aromatic rings. The van der Waals surface area contributed by atoms with Crippen LogP contribution in [0.4, 0.5) is 20.8 Å². The predicted molar refractivity (Wildman–Crippen MR) is 98.3 cm³/mol. The number of nitrogens with zero attached hydrogens (tertiary/aromatic N) is 3. The zero-order chi connectivity index (χ0) is 18.5. The van der Waals surface area contributed by atoms with Crippen LogP contribution in [0.15, 0.2) is 12.1 Å². The quantitative estimate of drug-likeness (QED) is 0.851. The number of morpholine rings is 1. The van der Waals surface area contributed by atoms with Crippen molar-refractivity contribution < 1.29 is 18.7 Å². The van der Waals surface area contributed by atoms with E-state index >= 15 is 0 Å². The van der Waals surface area contributed by atoms with Crippen molar-refractivity contribution in [2.24, 2.45) is 0 Å². The minimum absolute atomic E-state index is 0.319. The summed E-state index contributed by atoms with van der Waals surface area (Å²) < 4.78 is 26.9. The first-order valence-electron chi connectivity index (χ1n) is 9.10. The number of hydrogen-bond acceptors (Lipinski definition) is 5. The van der Waals surface area contributed by atoms with E-state index in [1.54, 1.807) is 6.07 Å². The number of imidazole rings is 1. The fourth-order valence-corrected chi connectivity index (χ4v) is 3.05. The number of nitrogens with one attached hydrogen (secondary N) is 1. The molecule has 1 aromatic heterocycles. The van der Waals surface area contributed by atoms with Crippen molar-refractivity contribution in [1.82, 2.24) is 9.55 Å². The Balaban J connectivity index is 1.96. The molecule has 142 valence electrons. The number of halogens is 1. The lowest BCUT2D eigenvalue weighted by atomic mass is 10.2. The number of carbonyl (C=O) groups excluding carboxylic acids is 1. The molecule has 3 rings (SSSR count). The van der Waals surface area contributed by atoms with Crippen molar-refractivity contribution in [2.75, 3.05) is 43.1 Å². The maximum Gasteiger partial charge on any atom is 0.413 e. The van der Waals surface area contributed by atoms with E-state index in [1.807, 2.05) is 23.3 Å².